The summed E-state index contributed by atoms with van der Waals surface area (Å²) < 4.78 is 3.00. The van der Waals surface area contributed by atoms with Crippen LogP contribution in [0.2, 0.25) is 0 Å². The van der Waals surface area contributed by atoms with Crippen LogP contribution in [0.3, 0.4) is 0 Å². The van der Waals surface area contributed by atoms with Crippen molar-refractivity contribution in [1.82, 2.24) is 15.0 Å². The van der Waals surface area contributed by atoms with Gasteiger partial charge in [-0.15, -0.1) is 0 Å². The number of hydrogen-bond donors (Lipinski definition) is 2. The lowest BCUT2D eigenvalue weighted by Gasteiger charge is -2.16. The minimum atomic E-state index is -0.0897. The van der Waals surface area contributed by atoms with Crippen molar-refractivity contribution in [3.05, 3.63) is 52.5 Å². The third kappa shape index (κ3) is 2.16. The second-order valence-corrected chi connectivity index (χ2v) is 4.46. The predicted molar refractivity (Wildman–Crippen MR) is 66.5 cm³/mol. The van der Waals surface area contributed by atoms with Crippen LogP contribution < -0.4 is 11.3 Å². The van der Waals surface area contributed by atoms with Crippen LogP contribution in [0, 0.1) is 0 Å². The molecule has 5 heteroatoms. The van der Waals surface area contributed by atoms with Crippen molar-refractivity contribution >= 4 is 15.9 Å². The van der Waals surface area contributed by atoms with Gasteiger partial charge in [0.05, 0.1) is 0 Å². The van der Waals surface area contributed by atoms with Gasteiger partial charge in [-0.1, -0.05) is 28.1 Å². The van der Waals surface area contributed by atoms with Crippen molar-refractivity contribution in [3.8, 4) is 0 Å². The van der Waals surface area contributed by atoms with E-state index in [1.54, 1.807) is 6.20 Å². The lowest BCUT2D eigenvalue weighted by Crippen LogP contribution is -2.30. The number of hydrogen-bond acceptors (Lipinski definition) is 3. The average Bonchev–Trinajstić information content (AvgIpc) is 2.69. The number of aromatic nitrogens is 2. The Kier molecular flexibility index (Phi) is 3.38. The largest absolute Gasteiger partial charge is 0.336 e. The summed E-state index contributed by atoms with van der Waals surface area (Å²) in [6, 6.07) is 7.92. The molecule has 0 spiro atoms. The van der Waals surface area contributed by atoms with Gasteiger partial charge in [-0.3, -0.25) is 5.84 Å². The van der Waals surface area contributed by atoms with Gasteiger partial charge in [0.1, 0.15) is 11.9 Å². The number of rotatable bonds is 3. The highest BCUT2D eigenvalue weighted by molar-refractivity contribution is 9.10. The first kappa shape index (κ1) is 11.3. The van der Waals surface area contributed by atoms with Crippen LogP contribution in [0.15, 0.2) is 41.1 Å². The monoisotopic (exact) mass is 280 g/mol. The van der Waals surface area contributed by atoms with Crippen molar-refractivity contribution in [2.75, 3.05) is 0 Å². The molecule has 1 aromatic carbocycles. The Bertz CT molecular complexity index is 463. The van der Waals surface area contributed by atoms with E-state index in [4.69, 9.17) is 5.84 Å². The van der Waals surface area contributed by atoms with Crippen molar-refractivity contribution in [3.63, 3.8) is 0 Å². The Morgan fingerprint density at radius 3 is 2.56 bits per heavy atom. The molecule has 1 unspecified atom stereocenters. The number of hydrazine groups is 1. The highest BCUT2D eigenvalue weighted by Crippen LogP contribution is 2.21. The number of benzene rings is 1. The van der Waals surface area contributed by atoms with E-state index < -0.39 is 0 Å². The standard InChI is InChI=1S/C11H13BrN4/c1-16-7-6-14-11(16)10(15-13)8-2-4-9(12)5-3-8/h2-7,10,15H,13H2,1H3. The molecular weight excluding hydrogens is 268 g/mol. The number of nitrogens with zero attached hydrogens (tertiary/aromatic N) is 2. The van der Waals surface area contributed by atoms with Gasteiger partial charge in [-0.25, -0.2) is 10.4 Å². The minimum Gasteiger partial charge on any atom is -0.336 e. The number of imidazole rings is 1. The van der Waals surface area contributed by atoms with Crippen LogP contribution in [0.1, 0.15) is 17.4 Å². The quantitative estimate of drug-likeness (QED) is 0.665. The molecule has 0 saturated heterocycles. The van der Waals surface area contributed by atoms with Crippen LogP contribution >= 0.6 is 15.9 Å². The number of halogens is 1. The summed E-state index contributed by atoms with van der Waals surface area (Å²) in [5, 5.41) is 0. The van der Waals surface area contributed by atoms with E-state index in [2.05, 4.69) is 26.3 Å². The van der Waals surface area contributed by atoms with Crippen molar-refractivity contribution in [2.24, 2.45) is 12.9 Å². The Labute approximate surface area is 103 Å². The Morgan fingerprint density at radius 1 is 1.38 bits per heavy atom. The van der Waals surface area contributed by atoms with Crippen LogP contribution in [0.25, 0.3) is 0 Å². The van der Waals surface area contributed by atoms with Gasteiger partial charge in [0.25, 0.3) is 0 Å². The summed E-state index contributed by atoms with van der Waals surface area (Å²) in [7, 11) is 1.95. The van der Waals surface area contributed by atoms with E-state index in [1.807, 2.05) is 42.1 Å². The normalized spacial score (nSPS) is 12.7. The zero-order valence-corrected chi connectivity index (χ0v) is 10.5. The lowest BCUT2D eigenvalue weighted by molar-refractivity contribution is 0.580. The second kappa shape index (κ2) is 4.78. The van der Waals surface area contributed by atoms with Gasteiger partial charge in [0.15, 0.2) is 0 Å². The maximum Gasteiger partial charge on any atom is 0.131 e. The highest BCUT2D eigenvalue weighted by atomic mass is 79.9. The molecule has 0 radical (unpaired) electrons. The number of nitrogens with one attached hydrogen (secondary N) is 1. The molecule has 3 N–H and O–H groups in total. The van der Waals surface area contributed by atoms with Crippen molar-refractivity contribution in [1.29, 1.82) is 0 Å². The van der Waals surface area contributed by atoms with Gasteiger partial charge in [0, 0.05) is 23.9 Å². The summed E-state index contributed by atoms with van der Waals surface area (Å²) in [6.45, 7) is 0. The van der Waals surface area contributed by atoms with Crippen LogP contribution in [-0.4, -0.2) is 9.55 Å². The fourth-order valence-corrected chi connectivity index (χ4v) is 1.89. The van der Waals surface area contributed by atoms with Gasteiger partial charge in [-0.05, 0) is 17.7 Å². The first-order valence-electron chi connectivity index (χ1n) is 4.91. The second-order valence-electron chi connectivity index (χ2n) is 3.55. The minimum absolute atomic E-state index is 0.0897. The van der Waals surface area contributed by atoms with Gasteiger partial charge >= 0.3 is 0 Å². The molecule has 0 bridgehead atoms. The molecule has 2 rings (SSSR count). The zero-order valence-electron chi connectivity index (χ0n) is 8.89. The molecular formula is C11H13BrN4. The molecule has 0 aliphatic heterocycles. The topological polar surface area (TPSA) is 55.9 Å². The molecule has 0 fully saturated rings. The SMILES string of the molecule is Cn1ccnc1C(NN)c1ccc(Br)cc1. The van der Waals surface area contributed by atoms with Gasteiger partial charge < -0.3 is 4.57 Å². The summed E-state index contributed by atoms with van der Waals surface area (Å²) in [6.07, 6.45) is 3.66. The molecule has 16 heavy (non-hydrogen) atoms. The van der Waals surface area contributed by atoms with Crippen LogP contribution in [0.5, 0.6) is 0 Å². The van der Waals surface area contributed by atoms with E-state index in [1.165, 1.54) is 0 Å². The summed E-state index contributed by atoms with van der Waals surface area (Å²) in [5.41, 5.74) is 3.87. The fraction of sp³-hybridized carbons (Fsp3) is 0.182. The molecule has 84 valence electrons. The van der Waals surface area contributed by atoms with Crippen molar-refractivity contribution in [2.45, 2.75) is 6.04 Å². The summed E-state index contributed by atoms with van der Waals surface area (Å²) in [4.78, 5) is 4.29. The smallest absolute Gasteiger partial charge is 0.131 e. The van der Waals surface area contributed by atoms with E-state index in [9.17, 15) is 0 Å². The predicted octanol–water partition coefficient (Wildman–Crippen LogP) is 1.74. The number of aryl methyl sites for hydroxylation is 1. The summed E-state index contributed by atoms with van der Waals surface area (Å²) >= 11 is 3.41. The first-order chi connectivity index (χ1) is 7.72. The van der Waals surface area contributed by atoms with Gasteiger partial charge in [-0.2, -0.15) is 0 Å². The van der Waals surface area contributed by atoms with Crippen LogP contribution in [0.4, 0.5) is 0 Å². The van der Waals surface area contributed by atoms with E-state index in [0.717, 1.165) is 15.9 Å². The van der Waals surface area contributed by atoms with Crippen LogP contribution in [-0.2, 0) is 7.05 Å². The van der Waals surface area contributed by atoms with Crippen molar-refractivity contribution < 1.29 is 0 Å². The Hall–Kier alpha value is -1.17. The summed E-state index contributed by atoms with van der Waals surface area (Å²) in [5.74, 6) is 6.48. The molecule has 1 atom stereocenters. The fourth-order valence-electron chi connectivity index (χ4n) is 1.63. The third-order valence-corrected chi connectivity index (χ3v) is 3.02. The molecule has 1 aromatic heterocycles. The van der Waals surface area contributed by atoms with E-state index in [-0.39, 0.29) is 6.04 Å². The lowest BCUT2D eigenvalue weighted by atomic mass is 10.1. The molecule has 1 heterocycles. The molecule has 2 aromatic rings. The third-order valence-electron chi connectivity index (χ3n) is 2.49. The van der Waals surface area contributed by atoms with E-state index >= 15 is 0 Å². The molecule has 0 aliphatic carbocycles. The number of nitrogens with two attached hydrogens (primary N) is 1. The Balaban J connectivity index is 2.37. The maximum atomic E-state index is 5.59. The van der Waals surface area contributed by atoms with Gasteiger partial charge in [0.2, 0.25) is 0 Å². The van der Waals surface area contributed by atoms with E-state index in [0.29, 0.717) is 0 Å². The molecule has 0 aliphatic rings. The average molecular weight is 281 g/mol. The maximum absolute atomic E-state index is 5.59. The highest BCUT2D eigenvalue weighted by Gasteiger charge is 2.15. The Morgan fingerprint density at radius 2 is 2.06 bits per heavy atom. The molecule has 4 nitrogen and oxygen atoms in total. The first-order valence-corrected chi connectivity index (χ1v) is 5.70. The zero-order chi connectivity index (χ0) is 11.5. The molecule has 0 amide bonds. The molecule has 0 saturated carbocycles.